The summed E-state index contributed by atoms with van der Waals surface area (Å²) < 4.78 is 0. The van der Waals surface area contributed by atoms with Crippen molar-refractivity contribution >= 4 is 11.9 Å². The molecule has 124 valence electrons. The van der Waals surface area contributed by atoms with Gasteiger partial charge in [-0.2, -0.15) is 0 Å². The number of carbonyl (C=O) groups is 2. The summed E-state index contributed by atoms with van der Waals surface area (Å²) in [5.74, 6) is 0.818. The standard InChI is InChI=1S/C18H25N3O2/c22-17-10-5-11-21(17)13-16(15-8-2-1-3-9-15)20-18(23)19-12-14-6-4-7-14/h1-3,8-9,14,16H,4-7,10-13H2,(H2,19,20,23)/t16-/m1/s1. The van der Waals surface area contributed by atoms with Gasteiger partial charge in [-0.15, -0.1) is 0 Å². The van der Waals surface area contributed by atoms with Crippen LogP contribution in [0.25, 0.3) is 0 Å². The van der Waals surface area contributed by atoms with Gasteiger partial charge in [0.2, 0.25) is 5.91 Å². The van der Waals surface area contributed by atoms with Gasteiger partial charge in [-0.3, -0.25) is 4.79 Å². The Labute approximate surface area is 137 Å². The fourth-order valence-corrected chi connectivity index (χ4v) is 3.18. The van der Waals surface area contributed by atoms with Gasteiger partial charge in [-0.05, 0) is 30.7 Å². The average molecular weight is 315 g/mol. The molecular weight excluding hydrogens is 290 g/mol. The molecule has 1 aromatic rings. The van der Waals surface area contributed by atoms with Crippen molar-refractivity contribution in [2.24, 2.45) is 5.92 Å². The maximum Gasteiger partial charge on any atom is 0.315 e. The first-order valence-electron chi connectivity index (χ1n) is 8.59. The number of nitrogens with zero attached hydrogens (tertiary/aromatic N) is 1. The second-order valence-electron chi connectivity index (χ2n) is 6.56. The summed E-state index contributed by atoms with van der Waals surface area (Å²) in [6.07, 6.45) is 5.23. The van der Waals surface area contributed by atoms with Gasteiger partial charge < -0.3 is 15.5 Å². The summed E-state index contributed by atoms with van der Waals surface area (Å²) in [4.78, 5) is 25.9. The molecule has 0 spiro atoms. The Bertz CT molecular complexity index is 542. The summed E-state index contributed by atoms with van der Waals surface area (Å²) in [6.45, 7) is 2.07. The van der Waals surface area contributed by atoms with Crippen molar-refractivity contribution in [1.29, 1.82) is 0 Å². The molecule has 5 heteroatoms. The van der Waals surface area contributed by atoms with Gasteiger partial charge in [-0.1, -0.05) is 36.8 Å². The molecule has 1 aliphatic heterocycles. The molecule has 3 rings (SSSR count). The molecule has 0 unspecified atom stereocenters. The van der Waals surface area contributed by atoms with Crippen molar-refractivity contribution < 1.29 is 9.59 Å². The second-order valence-corrected chi connectivity index (χ2v) is 6.56. The molecule has 5 nitrogen and oxygen atoms in total. The summed E-state index contributed by atoms with van der Waals surface area (Å²) >= 11 is 0. The van der Waals surface area contributed by atoms with Crippen LogP contribution < -0.4 is 10.6 Å². The zero-order valence-corrected chi connectivity index (χ0v) is 13.5. The number of urea groups is 1. The quantitative estimate of drug-likeness (QED) is 0.847. The Morgan fingerprint density at radius 1 is 1.22 bits per heavy atom. The fraction of sp³-hybridized carbons (Fsp3) is 0.556. The number of likely N-dealkylation sites (tertiary alicyclic amines) is 1. The third-order valence-electron chi connectivity index (χ3n) is 4.86. The predicted molar refractivity (Wildman–Crippen MR) is 88.9 cm³/mol. The minimum Gasteiger partial charge on any atom is -0.340 e. The highest BCUT2D eigenvalue weighted by atomic mass is 16.2. The molecule has 1 aromatic carbocycles. The highest BCUT2D eigenvalue weighted by Gasteiger charge is 2.25. The molecule has 2 N–H and O–H groups in total. The maximum atomic E-state index is 12.2. The molecule has 3 amide bonds. The van der Waals surface area contributed by atoms with Crippen LogP contribution in [-0.2, 0) is 4.79 Å². The third kappa shape index (κ3) is 4.24. The van der Waals surface area contributed by atoms with E-state index in [4.69, 9.17) is 0 Å². The highest BCUT2D eigenvalue weighted by molar-refractivity contribution is 5.78. The fourth-order valence-electron chi connectivity index (χ4n) is 3.18. The van der Waals surface area contributed by atoms with Crippen molar-refractivity contribution in [2.75, 3.05) is 19.6 Å². The minimum absolute atomic E-state index is 0.141. The van der Waals surface area contributed by atoms with Gasteiger partial charge >= 0.3 is 6.03 Å². The number of benzene rings is 1. The Kier molecular flexibility index (Phi) is 5.16. The van der Waals surface area contributed by atoms with E-state index in [2.05, 4.69) is 10.6 Å². The van der Waals surface area contributed by atoms with E-state index in [1.165, 1.54) is 19.3 Å². The van der Waals surface area contributed by atoms with Crippen LogP contribution in [0.1, 0.15) is 43.7 Å². The van der Waals surface area contributed by atoms with E-state index >= 15 is 0 Å². The van der Waals surface area contributed by atoms with Crippen molar-refractivity contribution in [2.45, 2.75) is 38.1 Å². The molecular formula is C18H25N3O2. The number of hydrogen-bond acceptors (Lipinski definition) is 2. The van der Waals surface area contributed by atoms with Gasteiger partial charge in [0.1, 0.15) is 0 Å². The van der Waals surface area contributed by atoms with Crippen molar-refractivity contribution in [1.82, 2.24) is 15.5 Å². The van der Waals surface area contributed by atoms with Crippen LogP contribution in [0.2, 0.25) is 0 Å². The summed E-state index contributed by atoms with van der Waals surface area (Å²) in [5, 5.41) is 6.01. The first-order valence-corrected chi connectivity index (χ1v) is 8.59. The van der Waals surface area contributed by atoms with Crippen molar-refractivity contribution in [3.8, 4) is 0 Å². The lowest BCUT2D eigenvalue weighted by Crippen LogP contribution is -2.44. The van der Waals surface area contributed by atoms with E-state index in [1.807, 2.05) is 35.2 Å². The van der Waals surface area contributed by atoms with Crippen LogP contribution in [-0.4, -0.2) is 36.5 Å². The Morgan fingerprint density at radius 2 is 2.00 bits per heavy atom. The van der Waals surface area contributed by atoms with Gasteiger partial charge in [0.25, 0.3) is 0 Å². The van der Waals surface area contributed by atoms with Crippen LogP contribution in [0.4, 0.5) is 4.79 Å². The van der Waals surface area contributed by atoms with Crippen LogP contribution in [0.3, 0.4) is 0 Å². The molecule has 0 radical (unpaired) electrons. The van der Waals surface area contributed by atoms with E-state index in [9.17, 15) is 9.59 Å². The number of rotatable bonds is 6. The minimum atomic E-state index is -0.167. The molecule has 1 heterocycles. The molecule has 1 saturated carbocycles. The molecule has 0 bridgehead atoms. The lowest BCUT2D eigenvalue weighted by molar-refractivity contribution is -0.128. The van der Waals surface area contributed by atoms with E-state index in [1.54, 1.807) is 0 Å². The van der Waals surface area contributed by atoms with E-state index < -0.39 is 0 Å². The highest BCUT2D eigenvalue weighted by Crippen LogP contribution is 2.25. The molecule has 1 saturated heterocycles. The number of amides is 3. The molecule has 23 heavy (non-hydrogen) atoms. The van der Waals surface area contributed by atoms with Gasteiger partial charge in [0, 0.05) is 26.1 Å². The lowest BCUT2D eigenvalue weighted by Gasteiger charge is -2.28. The topological polar surface area (TPSA) is 61.4 Å². The smallest absolute Gasteiger partial charge is 0.315 e. The Morgan fingerprint density at radius 3 is 2.61 bits per heavy atom. The molecule has 1 aliphatic carbocycles. The van der Waals surface area contributed by atoms with E-state index in [0.29, 0.717) is 18.9 Å². The third-order valence-corrected chi connectivity index (χ3v) is 4.86. The lowest BCUT2D eigenvalue weighted by atomic mass is 9.85. The molecule has 2 aliphatic rings. The zero-order valence-electron chi connectivity index (χ0n) is 13.5. The number of nitrogens with one attached hydrogen (secondary N) is 2. The van der Waals surface area contributed by atoms with Crippen molar-refractivity contribution in [3.05, 3.63) is 35.9 Å². The molecule has 1 atom stereocenters. The average Bonchev–Trinajstić information content (AvgIpc) is 2.91. The summed E-state index contributed by atoms with van der Waals surface area (Å²) in [6, 6.07) is 9.56. The van der Waals surface area contributed by atoms with Crippen molar-refractivity contribution in [3.63, 3.8) is 0 Å². The van der Waals surface area contributed by atoms with Gasteiger partial charge in [0.15, 0.2) is 0 Å². The summed E-state index contributed by atoms with van der Waals surface area (Å²) in [7, 11) is 0. The first-order chi connectivity index (χ1) is 11.2. The number of carbonyl (C=O) groups excluding carboxylic acids is 2. The SMILES string of the molecule is O=C(NCC1CCC1)N[C@H](CN1CCCC1=O)c1ccccc1. The Hall–Kier alpha value is -2.04. The summed E-state index contributed by atoms with van der Waals surface area (Å²) in [5.41, 5.74) is 1.03. The zero-order chi connectivity index (χ0) is 16.1. The number of hydrogen-bond donors (Lipinski definition) is 2. The first kappa shape index (κ1) is 15.8. The van der Waals surface area contributed by atoms with Crippen LogP contribution >= 0.6 is 0 Å². The van der Waals surface area contributed by atoms with E-state index in [0.717, 1.165) is 25.1 Å². The van der Waals surface area contributed by atoms with Gasteiger partial charge in [-0.25, -0.2) is 4.79 Å². The van der Waals surface area contributed by atoms with Crippen LogP contribution in [0, 0.1) is 5.92 Å². The largest absolute Gasteiger partial charge is 0.340 e. The van der Waals surface area contributed by atoms with E-state index in [-0.39, 0.29) is 18.0 Å². The van der Waals surface area contributed by atoms with Crippen LogP contribution in [0.5, 0.6) is 0 Å². The maximum absolute atomic E-state index is 12.2. The normalized spacial score (nSPS) is 19.3. The van der Waals surface area contributed by atoms with Crippen LogP contribution in [0.15, 0.2) is 30.3 Å². The van der Waals surface area contributed by atoms with Gasteiger partial charge in [0.05, 0.1) is 6.04 Å². The Balaban J connectivity index is 1.59. The monoisotopic (exact) mass is 315 g/mol. The molecule has 0 aromatic heterocycles. The second kappa shape index (κ2) is 7.49. The predicted octanol–water partition coefficient (Wildman–Crippen LogP) is 2.45. The molecule has 2 fully saturated rings.